The van der Waals surface area contributed by atoms with Gasteiger partial charge in [0.2, 0.25) is 0 Å². The molecule has 0 saturated heterocycles. The highest BCUT2D eigenvalue weighted by Crippen LogP contribution is 2.49. The summed E-state index contributed by atoms with van der Waals surface area (Å²) in [7, 11) is 0. The lowest BCUT2D eigenvalue weighted by Crippen LogP contribution is -2.19. The van der Waals surface area contributed by atoms with Crippen molar-refractivity contribution in [2.75, 3.05) is 6.61 Å². The molecule has 2 nitrogen and oxygen atoms in total. The number of hydrogen-bond donors (Lipinski definition) is 0. The van der Waals surface area contributed by atoms with Crippen LogP contribution in [-0.2, 0) is 9.53 Å². The summed E-state index contributed by atoms with van der Waals surface area (Å²) in [5, 5.41) is 0. The molecule has 1 fully saturated rings. The van der Waals surface area contributed by atoms with Crippen LogP contribution in [0, 0.1) is 11.3 Å². The number of rotatable bonds is 5. The summed E-state index contributed by atoms with van der Waals surface area (Å²) < 4.78 is 5.23. The summed E-state index contributed by atoms with van der Waals surface area (Å²) in [4.78, 5) is 11.5. The third kappa shape index (κ3) is 2.71. The molecule has 1 saturated carbocycles. The van der Waals surface area contributed by atoms with Gasteiger partial charge in [0.05, 0.1) is 12.0 Å². The van der Waals surface area contributed by atoms with Gasteiger partial charge in [-0.05, 0) is 31.6 Å². The molecule has 0 spiro atoms. The second-order valence-corrected chi connectivity index (χ2v) is 4.45. The predicted molar refractivity (Wildman–Crippen MR) is 52.4 cm³/mol. The highest BCUT2D eigenvalue weighted by Gasteiger charge is 2.49. The van der Waals surface area contributed by atoms with Gasteiger partial charge < -0.3 is 4.74 Å². The molecular formula is C11H20O2. The van der Waals surface area contributed by atoms with Gasteiger partial charge in [0.1, 0.15) is 0 Å². The first-order chi connectivity index (χ1) is 6.10. The lowest BCUT2D eigenvalue weighted by atomic mass is 10.0. The molecule has 1 aliphatic rings. The molecule has 0 aromatic rings. The third-order valence-corrected chi connectivity index (χ3v) is 2.89. The highest BCUT2D eigenvalue weighted by atomic mass is 16.5. The lowest BCUT2D eigenvalue weighted by molar-refractivity contribution is -0.150. The lowest BCUT2D eigenvalue weighted by Gasteiger charge is -2.12. The van der Waals surface area contributed by atoms with Crippen LogP contribution >= 0.6 is 0 Å². The van der Waals surface area contributed by atoms with Gasteiger partial charge in [0, 0.05) is 0 Å². The smallest absolute Gasteiger partial charge is 0.312 e. The Kier molecular flexibility index (Phi) is 3.34. The van der Waals surface area contributed by atoms with E-state index in [4.69, 9.17) is 4.74 Å². The Morgan fingerprint density at radius 1 is 1.46 bits per heavy atom. The van der Waals surface area contributed by atoms with Gasteiger partial charge in [-0.3, -0.25) is 4.79 Å². The quantitative estimate of drug-likeness (QED) is 0.614. The zero-order chi connectivity index (χ0) is 9.90. The van der Waals surface area contributed by atoms with Crippen molar-refractivity contribution in [2.45, 2.75) is 46.5 Å². The average molecular weight is 184 g/mol. The molecule has 13 heavy (non-hydrogen) atoms. The van der Waals surface area contributed by atoms with E-state index in [1.54, 1.807) is 0 Å². The molecule has 2 heteroatoms. The number of hydrogen-bond acceptors (Lipinski definition) is 2. The second kappa shape index (κ2) is 4.12. The van der Waals surface area contributed by atoms with Crippen molar-refractivity contribution in [3.05, 3.63) is 0 Å². The van der Waals surface area contributed by atoms with Crippen LogP contribution in [0.25, 0.3) is 0 Å². The van der Waals surface area contributed by atoms with E-state index in [9.17, 15) is 4.79 Å². The van der Waals surface area contributed by atoms with Crippen molar-refractivity contribution in [3.8, 4) is 0 Å². The van der Waals surface area contributed by atoms with Crippen molar-refractivity contribution in [2.24, 2.45) is 11.3 Å². The Morgan fingerprint density at radius 2 is 2.08 bits per heavy atom. The van der Waals surface area contributed by atoms with E-state index in [2.05, 4.69) is 20.8 Å². The van der Waals surface area contributed by atoms with Crippen molar-refractivity contribution >= 4 is 5.97 Å². The topological polar surface area (TPSA) is 26.3 Å². The molecule has 0 atom stereocenters. The molecule has 0 amide bonds. The van der Waals surface area contributed by atoms with Gasteiger partial charge in [-0.15, -0.1) is 0 Å². The molecule has 76 valence electrons. The highest BCUT2D eigenvalue weighted by molar-refractivity contribution is 5.79. The van der Waals surface area contributed by atoms with Gasteiger partial charge in [0.15, 0.2) is 0 Å². The van der Waals surface area contributed by atoms with Gasteiger partial charge in [0.25, 0.3) is 0 Å². The van der Waals surface area contributed by atoms with Crippen LogP contribution in [0.3, 0.4) is 0 Å². The summed E-state index contributed by atoms with van der Waals surface area (Å²) in [5.74, 6) is 0.653. The van der Waals surface area contributed by atoms with E-state index >= 15 is 0 Å². The molecule has 0 aliphatic heterocycles. The van der Waals surface area contributed by atoms with Crippen molar-refractivity contribution in [3.63, 3.8) is 0 Å². The Hall–Kier alpha value is -0.530. The van der Waals surface area contributed by atoms with Crippen molar-refractivity contribution in [1.29, 1.82) is 0 Å². The zero-order valence-electron chi connectivity index (χ0n) is 8.93. The minimum Gasteiger partial charge on any atom is -0.465 e. The second-order valence-electron chi connectivity index (χ2n) is 4.45. The number of carbonyl (C=O) groups is 1. The molecular weight excluding hydrogens is 164 g/mol. The summed E-state index contributed by atoms with van der Waals surface area (Å²) >= 11 is 0. The standard InChI is InChI=1S/C11H20O2/c1-4-11(6-7-11)10(12)13-8-5-9(2)3/h9H,4-8H2,1-3H3. The van der Waals surface area contributed by atoms with E-state index in [0.717, 1.165) is 25.7 Å². The molecule has 0 aromatic heterocycles. The van der Waals surface area contributed by atoms with Crippen LogP contribution in [-0.4, -0.2) is 12.6 Å². The summed E-state index contributed by atoms with van der Waals surface area (Å²) in [6.07, 6.45) is 3.98. The first-order valence-electron chi connectivity index (χ1n) is 5.28. The fourth-order valence-corrected chi connectivity index (χ4v) is 1.39. The zero-order valence-corrected chi connectivity index (χ0v) is 8.93. The van der Waals surface area contributed by atoms with Gasteiger partial charge >= 0.3 is 5.97 Å². The molecule has 0 N–H and O–H groups in total. The summed E-state index contributed by atoms with van der Waals surface area (Å²) in [5.41, 5.74) is -0.0724. The number of carbonyl (C=O) groups excluding carboxylic acids is 1. The number of ether oxygens (including phenoxy) is 1. The van der Waals surface area contributed by atoms with Crippen LogP contribution in [0.2, 0.25) is 0 Å². The summed E-state index contributed by atoms with van der Waals surface area (Å²) in [6.45, 7) is 6.94. The Morgan fingerprint density at radius 3 is 2.46 bits per heavy atom. The van der Waals surface area contributed by atoms with Gasteiger partial charge in [-0.25, -0.2) is 0 Å². The first kappa shape index (κ1) is 10.6. The van der Waals surface area contributed by atoms with Crippen LogP contribution in [0.4, 0.5) is 0 Å². The molecule has 0 radical (unpaired) electrons. The molecule has 0 bridgehead atoms. The van der Waals surface area contributed by atoms with Crippen molar-refractivity contribution < 1.29 is 9.53 Å². The normalized spacial score (nSPS) is 18.8. The molecule has 1 aliphatic carbocycles. The first-order valence-corrected chi connectivity index (χ1v) is 5.28. The van der Waals surface area contributed by atoms with E-state index < -0.39 is 0 Å². The Balaban J connectivity index is 2.18. The van der Waals surface area contributed by atoms with Gasteiger partial charge in [-0.1, -0.05) is 20.8 Å². The summed E-state index contributed by atoms with van der Waals surface area (Å²) in [6, 6.07) is 0. The minimum atomic E-state index is -0.0724. The van der Waals surface area contributed by atoms with Gasteiger partial charge in [-0.2, -0.15) is 0 Å². The minimum absolute atomic E-state index is 0.0376. The largest absolute Gasteiger partial charge is 0.465 e. The maximum atomic E-state index is 11.5. The van der Waals surface area contributed by atoms with Crippen LogP contribution < -0.4 is 0 Å². The van der Waals surface area contributed by atoms with Crippen LogP contribution in [0.15, 0.2) is 0 Å². The molecule has 0 heterocycles. The maximum Gasteiger partial charge on any atom is 0.312 e. The van der Waals surface area contributed by atoms with E-state index in [0.29, 0.717) is 12.5 Å². The van der Waals surface area contributed by atoms with Crippen molar-refractivity contribution in [1.82, 2.24) is 0 Å². The van der Waals surface area contributed by atoms with E-state index in [1.165, 1.54) is 0 Å². The monoisotopic (exact) mass is 184 g/mol. The Labute approximate surface area is 80.7 Å². The van der Waals surface area contributed by atoms with E-state index in [-0.39, 0.29) is 11.4 Å². The maximum absolute atomic E-state index is 11.5. The number of esters is 1. The third-order valence-electron chi connectivity index (χ3n) is 2.89. The van der Waals surface area contributed by atoms with E-state index in [1.807, 2.05) is 0 Å². The average Bonchev–Trinajstić information content (AvgIpc) is 2.83. The Bertz CT molecular complexity index is 181. The molecule has 0 unspecified atom stereocenters. The fourth-order valence-electron chi connectivity index (χ4n) is 1.39. The SMILES string of the molecule is CCC1(C(=O)OCCC(C)C)CC1. The van der Waals surface area contributed by atoms with Crippen LogP contribution in [0.1, 0.15) is 46.5 Å². The fraction of sp³-hybridized carbons (Fsp3) is 0.909. The predicted octanol–water partition coefficient (Wildman–Crippen LogP) is 2.77. The molecule has 1 rings (SSSR count). The van der Waals surface area contributed by atoms with Crippen LogP contribution in [0.5, 0.6) is 0 Å². The molecule has 0 aromatic carbocycles.